The van der Waals surface area contributed by atoms with Crippen LogP contribution in [-0.4, -0.2) is 20.1 Å². The van der Waals surface area contributed by atoms with Crippen molar-refractivity contribution in [2.45, 2.75) is 40.2 Å². The number of halogens is 1. The van der Waals surface area contributed by atoms with E-state index in [9.17, 15) is 0 Å². The summed E-state index contributed by atoms with van der Waals surface area (Å²) in [6.07, 6.45) is 1.23. The first kappa shape index (κ1) is 16.5. The summed E-state index contributed by atoms with van der Waals surface area (Å²) < 4.78 is 1.19. The van der Waals surface area contributed by atoms with Crippen molar-refractivity contribution < 1.29 is 0 Å². The highest BCUT2D eigenvalue weighted by molar-refractivity contribution is 9.10. The smallest absolute Gasteiger partial charge is 0.0377 e. The quantitative estimate of drug-likeness (QED) is 0.787. The Morgan fingerprint density at radius 2 is 1.95 bits per heavy atom. The van der Waals surface area contributed by atoms with E-state index in [1.54, 1.807) is 0 Å². The molecule has 19 heavy (non-hydrogen) atoms. The van der Waals surface area contributed by atoms with Gasteiger partial charge in [-0.3, -0.25) is 0 Å². The minimum absolute atomic E-state index is 0.369. The monoisotopic (exact) mass is 326 g/mol. The molecule has 0 amide bonds. The minimum Gasteiger partial charge on any atom is -0.372 e. The number of nitrogens with zero attached hydrogens (tertiary/aromatic N) is 1. The van der Waals surface area contributed by atoms with Gasteiger partial charge < -0.3 is 10.2 Å². The molecule has 2 unspecified atom stereocenters. The third-order valence-corrected chi connectivity index (χ3v) is 4.55. The van der Waals surface area contributed by atoms with Crippen molar-refractivity contribution in [3.05, 3.63) is 28.2 Å². The van der Waals surface area contributed by atoms with Gasteiger partial charge in [0.1, 0.15) is 0 Å². The van der Waals surface area contributed by atoms with Gasteiger partial charge in [0.25, 0.3) is 0 Å². The van der Waals surface area contributed by atoms with E-state index in [0.29, 0.717) is 6.04 Å². The van der Waals surface area contributed by atoms with E-state index in [0.717, 1.165) is 19.0 Å². The summed E-state index contributed by atoms with van der Waals surface area (Å²) in [6, 6.07) is 7.07. The van der Waals surface area contributed by atoms with Crippen LogP contribution in [0.3, 0.4) is 0 Å². The second-order valence-electron chi connectivity index (χ2n) is 5.27. The van der Waals surface area contributed by atoms with Gasteiger partial charge in [0, 0.05) is 29.3 Å². The van der Waals surface area contributed by atoms with Gasteiger partial charge in [-0.15, -0.1) is 0 Å². The van der Waals surface area contributed by atoms with E-state index in [1.807, 2.05) is 7.05 Å². The highest BCUT2D eigenvalue weighted by atomic mass is 79.9. The normalized spacial score (nSPS) is 14.2. The molecule has 108 valence electrons. The maximum absolute atomic E-state index is 3.70. The summed E-state index contributed by atoms with van der Waals surface area (Å²) in [5.74, 6) is 0.731. The lowest BCUT2D eigenvalue weighted by Gasteiger charge is -2.27. The molecule has 0 aliphatic carbocycles. The van der Waals surface area contributed by atoms with Gasteiger partial charge in [0.2, 0.25) is 0 Å². The molecule has 0 aromatic heterocycles. The number of anilines is 1. The van der Waals surface area contributed by atoms with E-state index in [2.05, 4.69) is 72.0 Å². The predicted molar refractivity (Wildman–Crippen MR) is 89.0 cm³/mol. The Morgan fingerprint density at radius 3 is 2.42 bits per heavy atom. The van der Waals surface area contributed by atoms with Gasteiger partial charge in [-0.2, -0.15) is 0 Å². The highest BCUT2D eigenvalue weighted by Crippen LogP contribution is 2.28. The lowest BCUT2D eigenvalue weighted by Crippen LogP contribution is -2.28. The van der Waals surface area contributed by atoms with Crippen molar-refractivity contribution in [1.29, 1.82) is 0 Å². The fourth-order valence-electron chi connectivity index (χ4n) is 2.14. The first-order valence-corrected chi connectivity index (χ1v) is 8.04. The number of benzene rings is 1. The summed E-state index contributed by atoms with van der Waals surface area (Å²) in [5.41, 5.74) is 2.62. The second kappa shape index (κ2) is 7.91. The maximum Gasteiger partial charge on any atom is 0.0377 e. The van der Waals surface area contributed by atoms with Crippen LogP contribution in [0, 0.1) is 5.92 Å². The summed E-state index contributed by atoms with van der Waals surface area (Å²) in [7, 11) is 1.99. The van der Waals surface area contributed by atoms with Gasteiger partial charge in [-0.1, -0.05) is 42.3 Å². The largest absolute Gasteiger partial charge is 0.372 e. The summed E-state index contributed by atoms with van der Waals surface area (Å²) in [4.78, 5) is 2.45. The predicted octanol–water partition coefficient (Wildman–Crippen LogP) is 4.60. The average molecular weight is 327 g/mol. The van der Waals surface area contributed by atoms with Crippen LogP contribution in [0.15, 0.2) is 22.7 Å². The summed E-state index contributed by atoms with van der Waals surface area (Å²) in [5, 5.41) is 3.28. The molecular formula is C16H27BrN2. The minimum atomic E-state index is 0.369. The zero-order chi connectivity index (χ0) is 14.4. The lowest BCUT2D eigenvalue weighted by molar-refractivity contribution is 0.548. The van der Waals surface area contributed by atoms with Gasteiger partial charge >= 0.3 is 0 Å². The van der Waals surface area contributed by atoms with Gasteiger partial charge in [0.15, 0.2) is 0 Å². The Balaban J connectivity index is 2.91. The number of nitrogens with one attached hydrogen (secondary N) is 1. The Labute approximate surface area is 126 Å². The molecule has 0 heterocycles. The second-order valence-corrected chi connectivity index (χ2v) is 6.12. The molecular weight excluding hydrogens is 300 g/mol. The molecule has 0 fully saturated rings. The molecule has 0 saturated heterocycles. The average Bonchev–Trinajstić information content (AvgIpc) is 2.43. The Bertz CT molecular complexity index is 392. The van der Waals surface area contributed by atoms with Gasteiger partial charge in [-0.25, -0.2) is 0 Å². The molecule has 0 saturated carbocycles. The molecule has 2 nitrogen and oxygen atoms in total. The van der Waals surface area contributed by atoms with E-state index in [-0.39, 0.29) is 0 Å². The molecule has 0 radical (unpaired) electrons. The van der Waals surface area contributed by atoms with E-state index in [4.69, 9.17) is 0 Å². The zero-order valence-electron chi connectivity index (χ0n) is 12.8. The van der Waals surface area contributed by atoms with Crippen molar-refractivity contribution in [2.75, 3.05) is 25.0 Å². The Morgan fingerprint density at radius 1 is 1.26 bits per heavy atom. The SMILES string of the molecule is CCC(C)CN(CC)c1ccc(C(C)NC)c(Br)c1. The zero-order valence-corrected chi connectivity index (χ0v) is 14.4. The van der Waals surface area contributed by atoms with Crippen LogP contribution >= 0.6 is 15.9 Å². The lowest BCUT2D eigenvalue weighted by atomic mass is 10.1. The van der Waals surface area contributed by atoms with Crippen molar-refractivity contribution >= 4 is 21.6 Å². The molecule has 3 heteroatoms. The maximum atomic E-state index is 3.70. The van der Waals surface area contributed by atoms with Crippen molar-refractivity contribution in [1.82, 2.24) is 5.32 Å². The summed E-state index contributed by atoms with van der Waals surface area (Å²) >= 11 is 3.70. The van der Waals surface area contributed by atoms with Crippen LogP contribution in [0.2, 0.25) is 0 Å². The first-order valence-electron chi connectivity index (χ1n) is 7.25. The van der Waals surface area contributed by atoms with Crippen LogP contribution < -0.4 is 10.2 Å². The van der Waals surface area contributed by atoms with Crippen LogP contribution in [0.5, 0.6) is 0 Å². The van der Waals surface area contributed by atoms with E-state index < -0.39 is 0 Å². The van der Waals surface area contributed by atoms with Crippen LogP contribution in [-0.2, 0) is 0 Å². The van der Waals surface area contributed by atoms with Crippen LogP contribution in [0.1, 0.15) is 45.7 Å². The molecule has 0 spiro atoms. The van der Waals surface area contributed by atoms with Crippen LogP contribution in [0.4, 0.5) is 5.69 Å². The fourth-order valence-corrected chi connectivity index (χ4v) is 2.85. The number of hydrogen-bond donors (Lipinski definition) is 1. The molecule has 1 aromatic carbocycles. The Hall–Kier alpha value is -0.540. The Kier molecular flexibility index (Phi) is 6.87. The van der Waals surface area contributed by atoms with E-state index in [1.165, 1.54) is 22.1 Å². The molecule has 1 rings (SSSR count). The molecule has 2 atom stereocenters. The highest BCUT2D eigenvalue weighted by Gasteiger charge is 2.12. The summed E-state index contributed by atoms with van der Waals surface area (Å²) in [6.45, 7) is 11.1. The van der Waals surface area contributed by atoms with Crippen molar-refractivity contribution in [2.24, 2.45) is 5.92 Å². The fraction of sp³-hybridized carbons (Fsp3) is 0.625. The first-order chi connectivity index (χ1) is 9.03. The molecule has 1 aromatic rings. The standard InChI is InChI=1S/C16H27BrN2/c1-6-12(3)11-19(7-2)14-8-9-15(13(4)18-5)16(17)10-14/h8-10,12-13,18H,6-7,11H2,1-5H3. The molecule has 0 aliphatic heterocycles. The topological polar surface area (TPSA) is 15.3 Å². The van der Waals surface area contributed by atoms with Crippen LogP contribution in [0.25, 0.3) is 0 Å². The third kappa shape index (κ3) is 4.50. The van der Waals surface area contributed by atoms with Crippen molar-refractivity contribution in [3.63, 3.8) is 0 Å². The number of hydrogen-bond acceptors (Lipinski definition) is 2. The molecule has 0 aliphatic rings. The van der Waals surface area contributed by atoms with Crippen molar-refractivity contribution in [3.8, 4) is 0 Å². The van der Waals surface area contributed by atoms with Gasteiger partial charge in [0.05, 0.1) is 0 Å². The van der Waals surface area contributed by atoms with E-state index >= 15 is 0 Å². The molecule has 0 bridgehead atoms. The molecule has 1 N–H and O–H groups in total. The number of rotatable bonds is 7. The van der Waals surface area contributed by atoms with Gasteiger partial charge in [-0.05, 0) is 44.5 Å². The third-order valence-electron chi connectivity index (χ3n) is 3.86.